The topological polar surface area (TPSA) is 96.5 Å². The van der Waals surface area contributed by atoms with Gasteiger partial charge in [-0.1, -0.05) is 28.1 Å². The van der Waals surface area contributed by atoms with Crippen molar-refractivity contribution < 1.29 is 19.1 Å². The van der Waals surface area contributed by atoms with Crippen molar-refractivity contribution >= 4 is 39.3 Å². The SMILES string of the molecule is Cc1ccc(C)c(NC(=O)CCC(=O)NNC(=O)C(C)Oc2c(C)cc(Br)cc2C)c1. The van der Waals surface area contributed by atoms with Crippen LogP contribution in [0.5, 0.6) is 5.75 Å². The molecular formula is C23H28BrN3O4. The highest BCUT2D eigenvalue weighted by Crippen LogP contribution is 2.28. The average molecular weight is 490 g/mol. The smallest absolute Gasteiger partial charge is 0.279 e. The predicted molar refractivity (Wildman–Crippen MR) is 124 cm³/mol. The quantitative estimate of drug-likeness (QED) is 0.511. The Balaban J connectivity index is 1.78. The van der Waals surface area contributed by atoms with Crippen molar-refractivity contribution in [3.05, 3.63) is 57.1 Å². The minimum absolute atomic E-state index is 0.00157. The fourth-order valence-corrected chi connectivity index (χ4v) is 3.61. The highest BCUT2D eigenvalue weighted by Gasteiger charge is 2.18. The van der Waals surface area contributed by atoms with Crippen LogP contribution in [0.15, 0.2) is 34.8 Å². The van der Waals surface area contributed by atoms with E-state index < -0.39 is 17.9 Å². The summed E-state index contributed by atoms with van der Waals surface area (Å²) in [6.45, 7) is 9.22. The number of carbonyl (C=O) groups excluding carboxylic acids is 3. The van der Waals surface area contributed by atoms with Crippen molar-refractivity contribution in [2.45, 2.75) is 53.6 Å². The van der Waals surface area contributed by atoms with E-state index in [-0.39, 0.29) is 18.7 Å². The summed E-state index contributed by atoms with van der Waals surface area (Å²) < 4.78 is 6.69. The molecule has 0 radical (unpaired) electrons. The van der Waals surface area contributed by atoms with Gasteiger partial charge in [0.05, 0.1) is 0 Å². The maximum atomic E-state index is 12.3. The van der Waals surface area contributed by atoms with Gasteiger partial charge in [0.25, 0.3) is 5.91 Å². The summed E-state index contributed by atoms with van der Waals surface area (Å²) in [5.74, 6) is -0.601. The molecule has 2 aromatic rings. The van der Waals surface area contributed by atoms with Crippen LogP contribution in [0.3, 0.4) is 0 Å². The van der Waals surface area contributed by atoms with E-state index >= 15 is 0 Å². The molecule has 0 aliphatic carbocycles. The number of benzene rings is 2. The van der Waals surface area contributed by atoms with Crippen LogP contribution in [0.4, 0.5) is 5.69 Å². The number of hydrogen-bond acceptors (Lipinski definition) is 4. The zero-order valence-electron chi connectivity index (χ0n) is 18.4. The van der Waals surface area contributed by atoms with Crippen molar-refractivity contribution in [1.29, 1.82) is 0 Å². The summed E-state index contributed by atoms with van der Waals surface area (Å²) in [7, 11) is 0. The Morgan fingerprint density at radius 2 is 1.52 bits per heavy atom. The van der Waals surface area contributed by atoms with Crippen molar-refractivity contribution in [3.63, 3.8) is 0 Å². The second kappa shape index (κ2) is 10.9. The van der Waals surface area contributed by atoms with E-state index in [0.717, 1.165) is 32.4 Å². The van der Waals surface area contributed by atoms with E-state index in [1.807, 2.05) is 58.0 Å². The lowest BCUT2D eigenvalue weighted by Crippen LogP contribution is -2.47. The summed E-state index contributed by atoms with van der Waals surface area (Å²) in [5, 5.41) is 2.80. The van der Waals surface area contributed by atoms with Gasteiger partial charge in [0.15, 0.2) is 6.10 Å². The largest absolute Gasteiger partial charge is 0.480 e. The Labute approximate surface area is 191 Å². The fourth-order valence-electron chi connectivity index (χ4n) is 2.92. The number of anilines is 1. The van der Waals surface area contributed by atoms with Crippen LogP contribution in [-0.4, -0.2) is 23.8 Å². The maximum absolute atomic E-state index is 12.3. The zero-order chi connectivity index (χ0) is 23.1. The molecule has 166 valence electrons. The Bertz CT molecular complexity index is 968. The molecule has 1 atom stereocenters. The normalized spacial score (nSPS) is 11.4. The maximum Gasteiger partial charge on any atom is 0.279 e. The molecule has 7 nitrogen and oxygen atoms in total. The lowest BCUT2D eigenvalue weighted by Gasteiger charge is -2.18. The number of aryl methyl sites for hydroxylation is 4. The number of hydrazine groups is 1. The van der Waals surface area contributed by atoms with Gasteiger partial charge in [-0.05, 0) is 75.1 Å². The van der Waals surface area contributed by atoms with Gasteiger partial charge >= 0.3 is 0 Å². The molecule has 0 saturated heterocycles. The van der Waals surface area contributed by atoms with Crippen molar-refractivity contribution in [3.8, 4) is 5.75 Å². The van der Waals surface area contributed by atoms with Crippen molar-refractivity contribution in [2.75, 3.05) is 5.32 Å². The molecule has 0 fully saturated rings. The molecule has 1 unspecified atom stereocenters. The van der Waals surface area contributed by atoms with E-state index in [2.05, 4.69) is 32.1 Å². The summed E-state index contributed by atoms with van der Waals surface area (Å²) in [6, 6.07) is 9.57. The highest BCUT2D eigenvalue weighted by molar-refractivity contribution is 9.10. The number of carbonyl (C=O) groups is 3. The minimum atomic E-state index is -0.813. The van der Waals surface area contributed by atoms with Gasteiger partial charge in [0.2, 0.25) is 11.8 Å². The summed E-state index contributed by atoms with van der Waals surface area (Å²) in [6.07, 6.45) is -0.873. The second-order valence-electron chi connectivity index (χ2n) is 7.53. The van der Waals surface area contributed by atoms with Crippen LogP contribution >= 0.6 is 15.9 Å². The summed E-state index contributed by atoms with van der Waals surface area (Å²) in [5.41, 5.74) is 9.15. The zero-order valence-corrected chi connectivity index (χ0v) is 20.0. The van der Waals surface area contributed by atoms with Crippen LogP contribution in [0.2, 0.25) is 0 Å². The molecule has 0 aliphatic heterocycles. The van der Waals surface area contributed by atoms with E-state index in [0.29, 0.717) is 5.75 Å². The molecule has 0 saturated carbocycles. The number of ether oxygens (including phenoxy) is 1. The molecule has 0 aromatic heterocycles. The first-order chi connectivity index (χ1) is 14.6. The number of rotatable bonds is 7. The first kappa shape index (κ1) is 24.4. The second-order valence-corrected chi connectivity index (χ2v) is 8.45. The molecule has 0 heterocycles. The van der Waals surface area contributed by atoms with E-state index in [4.69, 9.17) is 4.74 Å². The summed E-state index contributed by atoms with van der Waals surface area (Å²) in [4.78, 5) is 36.4. The standard InChI is InChI=1S/C23H28BrN3O4/c1-13-6-7-14(2)19(10-13)25-20(28)8-9-21(29)26-27-23(30)17(5)31-22-15(3)11-18(24)12-16(22)4/h6-7,10-12,17H,8-9H2,1-5H3,(H,25,28)(H,26,29)(H,27,30). The van der Waals surface area contributed by atoms with Gasteiger partial charge in [-0.25, -0.2) is 0 Å². The number of hydrogen-bond donors (Lipinski definition) is 3. The molecule has 0 spiro atoms. The number of nitrogens with one attached hydrogen (secondary N) is 3. The first-order valence-electron chi connectivity index (χ1n) is 9.96. The molecule has 2 aromatic carbocycles. The third-order valence-corrected chi connectivity index (χ3v) is 5.12. The van der Waals surface area contributed by atoms with Gasteiger partial charge in [-0.2, -0.15) is 0 Å². The van der Waals surface area contributed by atoms with Gasteiger partial charge < -0.3 is 10.1 Å². The molecule has 3 amide bonds. The van der Waals surface area contributed by atoms with Gasteiger partial charge in [0, 0.05) is 23.0 Å². The average Bonchev–Trinajstić information content (AvgIpc) is 2.69. The molecule has 0 aliphatic rings. The Hall–Kier alpha value is -2.87. The molecular weight excluding hydrogens is 462 g/mol. The van der Waals surface area contributed by atoms with Gasteiger partial charge in [-0.15, -0.1) is 0 Å². The molecule has 31 heavy (non-hydrogen) atoms. The van der Waals surface area contributed by atoms with E-state index in [9.17, 15) is 14.4 Å². The van der Waals surface area contributed by atoms with Crippen LogP contribution in [0, 0.1) is 27.7 Å². The van der Waals surface area contributed by atoms with Gasteiger partial charge in [-0.3, -0.25) is 25.2 Å². The Kier molecular flexibility index (Phi) is 8.62. The van der Waals surface area contributed by atoms with Crippen LogP contribution in [-0.2, 0) is 14.4 Å². The molecule has 2 rings (SSSR count). The fraction of sp³-hybridized carbons (Fsp3) is 0.348. The Morgan fingerprint density at radius 1 is 0.903 bits per heavy atom. The van der Waals surface area contributed by atoms with E-state index in [1.54, 1.807) is 6.92 Å². The van der Waals surface area contributed by atoms with Crippen LogP contribution in [0.25, 0.3) is 0 Å². The number of amides is 3. The van der Waals surface area contributed by atoms with Crippen molar-refractivity contribution in [2.24, 2.45) is 0 Å². The van der Waals surface area contributed by atoms with Crippen LogP contribution in [0.1, 0.15) is 42.0 Å². The number of halogens is 1. The lowest BCUT2D eigenvalue weighted by atomic mass is 10.1. The lowest BCUT2D eigenvalue weighted by molar-refractivity contribution is -0.133. The third kappa shape index (κ3) is 7.40. The highest BCUT2D eigenvalue weighted by atomic mass is 79.9. The summed E-state index contributed by atoms with van der Waals surface area (Å²) >= 11 is 3.42. The molecule has 0 bridgehead atoms. The van der Waals surface area contributed by atoms with Gasteiger partial charge in [0.1, 0.15) is 5.75 Å². The minimum Gasteiger partial charge on any atom is -0.480 e. The van der Waals surface area contributed by atoms with E-state index in [1.165, 1.54) is 0 Å². The van der Waals surface area contributed by atoms with Crippen LogP contribution < -0.4 is 20.9 Å². The predicted octanol–water partition coefficient (Wildman–Crippen LogP) is 4.02. The molecule has 8 heteroatoms. The third-order valence-electron chi connectivity index (χ3n) is 4.66. The first-order valence-corrected chi connectivity index (χ1v) is 10.8. The van der Waals surface area contributed by atoms with Crippen molar-refractivity contribution in [1.82, 2.24) is 10.9 Å². The molecule has 3 N–H and O–H groups in total. The Morgan fingerprint density at radius 3 is 2.16 bits per heavy atom. The monoisotopic (exact) mass is 489 g/mol.